The minimum absolute atomic E-state index is 0.0804. The van der Waals surface area contributed by atoms with Gasteiger partial charge in [0, 0.05) is 25.1 Å². The first-order chi connectivity index (χ1) is 10.2. The van der Waals surface area contributed by atoms with Crippen molar-refractivity contribution in [3.63, 3.8) is 0 Å². The summed E-state index contributed by atoms with van der Waals surface area (Å²) in [6, 6.07) is 7.29. The van der Waals surface area contributed by atoms with E-state index in [1.807, 2.05) is 24.3 Å². The van der Waals surface area contributed by atoms with Crippen LogP contribution in [0.5, 0.6) is 5.75 Å². The molecule has 0 unspecified atom stereocenters. The Labute approximate surface area is 131 Å². The van der Waals surface area contributed by atoms with Crippen molar-refractivity contribution in [3.8, 4) is 5.75 Å². The fourth-order valence-electron chi connectivity index (χ4n) is 1.81. The van der Waals surface area contributed by atoms with Gasteiger partial charge in [0.25, 0.3) is 0 Å². The van der Waals surface area contributed by atoms with Gasteiger partial charge in [-0.1, -0.05) is 12.8 Å². The molecule has 0 heterocycles. The summed E-state index contributed by atoms with van der Waals surface area (Å²) >= 11 is 5.61. The number of alkyl halides is 1. The third-order valence-corrected chi connectivity index (χ3v) is 3.11. The van der Waals surface area contributed by atoms with Crippen LogP contribution in [0, 0.1) is 0 Å². The zero-order valence-electron chi connectivity index (χ0n) is 12.6. The molecule has 0 aliphatic carbocycles. The topological polar surface area (TPSA) is 47.6 Å². The number of anilines is 1. The second kappa shape index (κ2) is 11.4. The molecule has 0 aromatic heterocycles. The number of carbonyl (C=O) groups excluding carboxylic acids is 1. The number of hydrogen-bond donors (Lipinski definition) is 1. The van der Waals surface area contributed by atoms with Gasteiger partial charge in [0.2, 0.25) is 5.91 Å². The lowest BCUT2D eigenvalue weighted by molar-refractivity contribution is -0.114. The number of carbonyl (C=O) groups is 1. The Balaban J connectivity index is 2.03. The molecular formula is C16H24ClNO3. The van der Waals surface area contributed by atoms with Gasteiger partial charge in [0.05, 0.1) is 6.61 Å². The molecule has 0 radical (unpaired) electrons. The normalized spacial score (nSPS) is 10.4. The van der Waals surface area contributed by atoms with Gasteiger partial charge >= 0.3 is 0 Å². The first kappa shape index (κ1) is 17.8. The van der Waals surface area contributed by atoms with Crippen molar-refractivity contribution < 1.29 is 14.3 Å². The summed E-state index contributed by atoms with van der Waals surface area (Å²) in [5, 5.41) is 2.71. The average molecular weight is 314 g/mol. The summed E-state index contributed by atoms with van der Waals surface area (Å²) < 4.78 is 11.1. The summed E-state index contributed by atoms with van der Waals surface area (Å²) in [4.78, 5) is 10.9. The highest BCUT2D eigenvalue weighted by molar-refractivity contribution is 6.17. The number of nitrogens with one attached hydrogen (secondary N) is 1. The second-order valence-electron chi connectivity index (χ2n) is 4.77. The highest BCUT2D eigenvalue weighted by atomic mass is 35.5. The molecule has 1 aromatic rings. The summed E-state index contributed by atoms with van der Waals surface area (Å²) in [5.41, 5.74) is 0.767. The Bertz CT molecular complexity index is 395. The van der Waals surface area contributed by atoms with E-state index < -0.39 is 0 Å². The van der Waals surface area contributed by atoms with Crippen molar-refractivity contribution >= 4 is 23.2 Å². The molecule has 5 heteroatoms. The molecule has 0 aliphatic heterocycles. The quantitative estimate of drug-likeness (QED) is 0.499. The standard InChI is InChI=1S/C16H24ClNO3/c1-14(19)18-15-6-8-16(9-7-15)21-13-12-20-11-5-3-2-4-10-17/h6-9H,2-5,10-13H2,1H3,(H,18,19). The third kappa shape index (κ3) is 9.32. The predicted octanol–water partition coefficient (Wildman–Crippen LogP) is 3.84. The van der Waals surface area contributed by atoms with Crippen LogP contribution in [-0.2, 0) is 9.53 Å². The first-order valence-corrected chi connectivity index (χ1v) is 7.90. The van der Waals surface area contributed by atoms with E-state index in [2.05, 4.69) is 5.32 Å². The second-order valence-corrected chi connectivity index (χ2v) is 5.15. The molecule has 1 N–H and O–H groups in total. The maximum Gasteiger partial charge on any atom is 0.221 e. The van der Waals surface area contributed by atoms with Crippen LogP contribution in [-0.4, -0.2) is 31.6 Å². The average Bonchev–Trinajstić information content (AvgIpc) is 2.47. The molecule has 1 rings (SSSR count). The van der Waals surface area contributed by atoms with Crippen LogP contribution < -0.4 is 10.1 Å². The number of unbranched alkanes of at least 4 members (excludes halogenated alkanes) is 3. The van der Waals surface area contributed by atoms with Gasteiger partial charge in [-0.25, -0.2) is 0 Å². The molecule has 118 valence electrons. The lowest BCUT2D eigenvalue weighted by Gasteiger charge is -2.08. The minimum atomic E-state index is -0.0804. The van der Waals surface area contributed by atoms with Crippen molar-refractivity contribution in [1.82, 2.24) is 0 Å². The van der Waals surface area contributed by atoms with E-state index in [0.717, 1.165) is 43.2 Å². The van der Waals surface area contributed by atoms with E-state index in [9.17, 15) is 4.79 Å². The van der Waals surface area contributed by atoms with Gasteiger partial charge in [-0.15, -0.1) is 11.6 Å². The fraction of sp³-hybridized carbons (Fsp3) is 0.562. The van der Waals surface area contributed by atoms with Crippen LogP contribution in [0.15, 0.2) is 24.3 Å². The number of rotatable bonds is 11. The van der Waals surface area contributed by atoms with Gasteiger partial charge in [0.1, 0.15) is 12.4 Å². The van der Waals surface area contributed by atoms with E-state index in [-0.39, 0.29) is 5.91 Å². The van der Waals surface area contributed by atoms with Gasteiger partial charge in [-0.2, -0.15) is 0 Å². The monoisotopic (exact) mass is 313 g/mol. The summed E-state index contributed by atoms with van der Waals surface area (Å²) in [7, 11) is 0. The van der Waals surface area contributed by atoms with Crippen molar-refractivity contribution in [3.05, 3.63) is 24.3 Å². The Morgan fingerprint density at radius 3 is 2.43 bits per heavy atom. The highest BCUT2D eigenvalue weighted by Crippen LogP contribution is 2.15. The van der Waals surface area contributed by atoms with E-state index >= 15 is 0 Å². The smallest absolute Gasteiger partial charge is 0.221 e. The molecular weight excluding hydrogens is 290 g/mol. The lowest BCUT2D eigenvalue weighted by atomic mass is 10.2. The van der Waals surface area contributed by atoms with E-state index in [4.69, 9.17) is 21.1 Å². The predicted molar refractivity (Wildman–Crippen MR) is 86.2 cm³/mol. The van der Waals surface area contributed by atoms with E-state index in [1.54, 1.807) is 0 Å². The van der Waals surface area contributed by atoms with Gasteiger partial charge in [-0.3, -0.25) is 4.79 Å². The molecule has 21 heavy (non-hydrogen) atoms. The molecule has 4 nitrogen and oxygen atoms in total. The number of ether oxygens (including phenoxy) is 2. The molecule has 0 atom stereocenters. The molecule has 0 bridgehead atoms. The Kier molecular flexibility index (Phi) is 9.66. The van der Waals surface area contributed by atoms with Crippen molar-refractivity contribution in [2.75, 3.05) is 31.0 Å². The molecule has 0 saturated heterocycles. The summed E-state index contributed by atoms with van der Waals surface area (Å²) in [5.74, 6) is 1.44. The van der Waals surface area contributed by atoms with Crippen LogP contribution in [0.4, 0.5) is 5.69 Å². The fourth-order valence-corrected chi connectivity index (χ4v) is 2.00. The lowest BCUT2D eigenvalue weighted by Crippen LogP contribution is -2.08. The number of amides is 1. The maximum absolute atomic E-state index is 10.9. The van der Waals surface area contributed by atoms with Crippen LogP contribution in [0.2, 0.25) is 0 Å². The van der Waals surface area contributed by atoms with Gasteiger partial charge < -0.3 is 14.8 Å². The van der Waals surface area contributed by atoms with Crippen LogP contribution >= 0.6 is 11.6 Å². The maximum atomic E-state index is 10.9. The molecule has 0 spiro atoms. The summed E-state index contributed by atoms with van der Waals surface area (Å²) in [6.07, 6.45) is 4.49. The third-order valence-electron chi connectivity index (χ3n) is 2.84. The Morgan fingerprint density at radius 1 is 1.05 bits per heavy atom. The molecule has 0 aliphatic rings. The largest absolute Gasteiger partial charge is 0.491 e. The van der Waals surface area contributed by atoms with E-state index in [1.165, 1.54) is 13.3 Å². The number of hydrogen-bond acceptors (Lipinski definition) is 3. The van der Waals surface area contributed by atoms with Gasteiger partial charge in [-0.05, 0) is 37.1 Å². The zero-order chi connectivity index (χ0) is 15.3. The molecule has 0 saturated carbocycles. The van der Waals surface area contributed by atoms with Crippen LogP contribution in [0.25, 0.3) is 0 Å². The molecule has 1 amide bonds. The number of benzene rings is 1. The van der Waals surface area contributed by atoms with Crippen molar-refractivity contribution in [2.24, 2.45) is 0 Å². The zero-order valence-corrected chi connectivity index (χ0v) is 13.3. The van der Waals surface area contributed by atoms with Crippen molar-refractivity contribution in [1.29, 1.82) is 0 Å². The van der Waals surface area contributed by atoms with Gasteiger partial charge in [0.15, 0.2) is 0 Å². The van der Waals surface area contributed by atoms with Crippen LogP contribution in [0.3, 0.4) is 0 Å². The van der Waals surface area contributed by atoms with Crippen molar-refractivity contribution in [2.45, 2.75) is 32.6 Å². The minimum Gasteiger partial charge on any atom is -0.491 e. The number of halogens is 1. The summed E-state index contributed by atoms with van der Waals surface area (Å²) in [6.45, 7) is 3.37. The Morgan fingerprint density at radius 2 is 1.76 bits per heavy atom. The molecule has 0 fully saturated rings. The van der Waals surface area contributed by atoms with Crippen LogP contribution in [0.1, 0.15) is 32.6 Å². The SMILES string of the molecule is CC(=O)Nc1ccc(OCCOCCCCCCCl)cc1. The first-order valence-electron chi connectivity index (χ1n) is 7.36. The molecule has 1 aromatic carbocycles. The highest BCUT2D eigenvalue weighted by Gasteiger charge is 1.97. The Hall–Kier alpha value is -1.26. The van der Waals surface area contributed by atoms with E-state index in [0.29, 0.717) is 13.2 Å².